The highest BCUT2D eigenvalue weighted by Crippen LogP contribution is 2.26. The molecule has 76 valence electrons. The molecule has 0 amide bonds. The molecule has 2 aliphatic rings. The largest absolute Gasteiger partial charge is 0.393 e. The van der Waals surface area contributed by atoms with Crippen LogP contribution in [-0.4, -0.2) is 23.8 Å². The first kappa shape index (κ1) is 9.47. The van der Waals surface area contributed by atoms with Crippen molar-refractivity contribution in [1.29, 1.82) is 0 Å². The van der Waals surface area contributed by atoms with Crippen molar-refractivity contribution >= 4 is 0 Å². The number of aliphatic hydroxyl groups is 1. The Morgan fingerprint density at radius 1 is 1.08 bits per heavy atom. The van der Waals surface area contributed by atoms with E-state index < -0.39 is 0 Å². The van der Waals surface area contributed by atoms with Crippen molar-refractivity contribution in [3.8, 4) is 0 Å². The second kappa shape index (κ2) is 4.43. The molecule has 0 aromatic carbocycles. The molecule has 2 atom stereocenters. The second-order valence-corrected chi connectivity index (χ2v) is 4.72. The average Bonchev–Trinajstić information content (AvgIpc) is 2.01. The number of rotatable bonds is 3. The first-order valence-corrected chi connectivity index (χ1v) is 5.76. The highest BCUT2D eigenvalue weighted by atomic mass is 16.3. The molecule has 2 aliphatic carbocycles. The summed E-state index contributed by atoms with van der Waals surface area (Å²) in [7, 11) is 0. The predicted molar refractivity (Wildman–Crippen MR) is 53.6 cm³/mol. The van der Waals surface area contributed by atoms with Gasteiger partial charge in [0, 0.05) is 6.04 Å². The van der Waals surface area contributed by atoms with Gasteiger partial charge in [0.25, 0.3) is 0 Å². The number of nitrogens with one attached hydrogen (secondary N) is 1. The van der Waals surface area contributed by atoms with Gasteiger partial charge in [0.05, 0.1) is 6.10 Å². The quantitative estimate of drug-likeness (QED) is 0.697. The molecular weight excluding hydrogens is 162 g/mol. The summed E-state index contributed by atoms with van der Waals surface area (Å²) in [4.78, 5) is 0. The molecule has 2 fully saturated rings. The van der Waals surface area contributed by atoms with Gasteiger partial charge in [-0.15, -0.1) is 0 Å². The van der Waals surface area contributed by atoms with Crippen LogP contribution in [0.3, 0.4) is 0 Å². The van der Waals surface area contributed by atoms with E-state index in [4.69, 9.17) is 0 Å². The van der Waals surface area contributed by atoms with E-state index in [1.807, 2.05) is 0 Å². The Balaban J connectivity index is 1.62. The summed E-state index contributed by atoms with van der Waals surface area (Å²) < 4.78 is 0. The van der Waals surface area contributed by atoms with Gasteiger partial charge in [-0.2, -0.15) is 0 Å². The lowest BCUT2D eigenvalue weighted by atomic mass is 9.84. The average molecular weight is 183 g/mol. The van der Waals surface area contributed by atoms with E-state index in [1.165, 1.54) is 38.6 Å². The standard InChI is InChI=1S/C11H21NO/c13-11-6-2-5-10(7-11)12-8-9-3-1-4-9/h9-13H,1-8H2. The molecule has 2 nitrogen and oxygen atoms in total. The van der Waals surface area contributed by atoms with Crippen molar-refractivity contribution in [3.63, 3.8) is 0 Å². The highest BCUT2D eigenvalue weighted by Gasteiger charge is 2.22. The summed E-state index contributed by atoms with van der Waals surface area (Å²) in [5.41, 5.74) is 0. The van der Waals surface area contributed by atoms with E-state index in [2.05, 4.69) is 5.32 Å². The monoisotopic (exact) mass is 183 g/mol. The second-order valence-electron chi connectivity index (χ2n) is 4.72. The molecular formula is C11H21NO. The summed E-state index contributed by atoms with van der Waals surface area (Å²) in [5.74, 6) is 0.944. The van der Waals surface area contributed by atoms with Gasteiger partial charge in [0.2, 0.25) is 0 Å². The topological polar surface area (TPSA) is 32.3 Å². The van der Waals surface area contributed by atoms with Crippen LogP contribution in [0.1, 0.15) is 44.9 Å². The van der Waals surface area contributed by atoms with Crippen molar-refractivity contribution in [2.45, 2.75) is 57.1 Å². The van der Waals surface area contributed by atoms with Gasteiger partial charge >= 0.3 is 0 Å². The third-order valence-electron chi connectivity index (χ3n) is 3.57. The van der Waals surface area contributed by atoms with Crippen LogP contribution in [0.15, 0.2) is 0 Å². The van der Waals surface area contributed by atoms with Crippen molar-refractivity contribution in [2.24, 2.45) is 5.92 Å². The summed E-state index contributed by atoms with van der Waals surface area (Å²) >= 11 is 0. The Morgan fingerprint density at radius 2 is 1.85 bits per heavy atom. The first-order valence-electron chi connectivity index (χ1n) is 5.76. The summed E-state index contributed by atoms with van der Waals surface area (Å²) in [6, 6.07) is 0.601. The summed E-state index contributed by atoms with van der Waals surface area (Å²) in [5, 5.41) is 13.1. The molecule has 13 heavy (non-hydrogen) atoms. The zero-order chi connectivity index (χ0) is 9.10. The van der Waals surface area contributed by atoms with Gasteiger partial charge < -0.3 is 10.4 Å². The molecule has 0 radical (unpaired) electrons. The van der Waals surface area contributed by atoms with Crippen LogP contribution >= 0.6 is 0 Å². The maximum absolute atomic E-state index is 9.48. The maximum Gasteiger partial charge on any atom is 0.0555 e. The molecule has 2 saturated carbocycles. The Hall–Kier alpha value is -0.0800. The number of aliphatic hydroxyl groups excluding tert-OH is 1. The van der Waals surface area contributed by atoms with Gasteiger partial charge in [0.15, 0.2) is 0 Å². The predicted octanol–water partition coefficient (Wildman–Crippen LogP) is 1.68. The Bertz CT molecular complexity index is 156. The van der Waals surface area contributed by atoms with Gasteiger partial charge in [-0.05, 0) is 51.0 Å². The first-order chi connectivity index (χ1) is 6.34. The van der Waals surface area contributed by atoms with Crippen LogP contribution in [0, 0.1) is 5.92 Å². The van der Waals surface area contributed by atoms with Gasteiger partial charge in [-0.3, -0.25) is 0 Å². The number of hydrogen-bond donors (Lipinski definition) is 2. The van der Waals surface area contributed by atoms with Crippen LogP contribution in [0.25, 0.3) is 0 Å². The summed E-state index contributed by atoms with van der Waals surface area (Å²) in [6.45, 7) is 1.19. The SMILES string of the molecule is OC1CCCC(NCC2CCC2)C1. The van der Waals surface area contributed by atoms with Crippen LogP contribution < -0.4 is 5.32 Å². The molecule has 0 spiro atoms. The molecule has 0 heterocycles. The van der Waals surface area contributed by atoms with Gasteiger partial charge in [-0.25, -0.2) is 0 Å². The fraction of sp³-hybridized carbons (Fsp3) is 1.00. The normalized spacial score (nSPS) is 35.8. The molecule has 2 heteroatoms. The molecule has 2 rings (SSSR count). The van der Waals surface area contributed by atoms with Crippen molar-refractivity contribution < 1.29 is 5.11 Å². The zero-order valence-corrected chi connectivity index (χ0v) is 8.34. The minimum absolute atomic E-state index is 0.0346. The molecule has 0 bridgehead atoms. The Labute approximate surface area is 80.7 Å². The smallest absolute Gasteiger partial charge is 0.0555 e. The van der Waals surface area contributed by atoms with Gasteiger partial charge in [0.1, 0.15) is 0 Å². The van der Waals surface area contributed by atoms with Crippen LogP contribution in [0.4, 0.5) is 0 Å². The molecule has 0 aromatic heterocycles. The lowest BCUT2D eigenvalue weighted by Gasteiger charge is -2.31. The van der Waals surface area contributed by atoms with Crippen molar-refractivity contribution in [2.75, 3.05) is 6.54 Å². The minimum atomic E-state index is -0.0346. The van der Waals surface area contributed by atoms with Crippen LogP contribution in [-0.2, 0) is 0 Å². The summed E-state index contributed by atoms with van der Waals surface area (Å²) in [6.07, 6.45) is 8.69. The van der Waals surface area contributed by atoms with E-state index in [0.717, 1.165) is 18.8 Å². The zero-order valence-electron chi connectivity index (χ0n) is 8.34. The molecule has 0 saturated heterocycles. The minimum Gasteiger partial charge on any atom is -0.393 e. The lowest BCUT2D eigenvalue weighted by Crippen LogP contribution is -2.39. The third kappa shape index (κ3) is 2.68. The third-order valence-corrected chi connectivity index (χ3v) is 3.57. The van der Waals surface area contributed by atoms with E-state index in [1.54, 1.807) is 0 Å². The van der Waals surface area contributed by atoms with Crippen molar-refractivity contribution in [1.82, 2.24) is 5.32 Å². The molecule has 2 N–H and O–H groups in total. The Morgan fingerprint density at radius 3 is 2.46 bits per heavy atom. The molecule has 0 aliphatic heterocycles. The van der Waals surface area contributed by atoms with Gasteiger partial charge in [-0.1, -0.05) is 6.42 Å². The van der Waals surface area contributed by atoms with E-state index >= 15 is 0 Å². The fourth-order valence-electron chi connectivity index (χ4n) is 2.38. The van der Waals surface area contributed by atoms with Crippen LogP contribution in [0.5, 0.6) is 0 Å². The van der Waals surface area contributed by atoms with Crippen molar-refractivity contribution in [3.05, 3.63) is 0 Å². The van der Waals surface area contributed by atoms with E-state index in [9.17, 15) is 5.11 Å². The fourth-order valence-corrected chi connectivity index (χ4v) is 2.38. The van der Waals surface area contributed by atoms with E-state index in [0.29, 0.717) is 6.04 Å². The Kier molecular flexibility index (Phi) is 3.23. The maximum atomic E-state index is 9.48. The molecule has 0 aromatic rings. The van der Waals surface area contributed by atoms with E-state index in [-0.39, 0.29) is 6.10 Å². The van der Waals surface area contributed by atoms with Crippen LogP contribution in [0.2, 0.25) is 0 Å². The lowest BCUT2D eigenvalue weighted by molar-refractivity contribution is 0.109. The number of hydrogen-bond acceptors (Lipinski definition) is 2. The molecule has 2 unspecified atom stereocenters. The highest BCUT2D eigenvalue weighted by molar-refractivity contribution is 4.80.